The van der Waals surface area contributed by atoms with Crippen LogP contribution in [0.25, 0.3) is 77.6 Å². The molecule has 270 valence electrons. The third-order valence-electron chi connectivity index (χ3n) is 12.2. The van der Waals surface area contributed by atoms with Gasteiger partial charge in [0.15, 0.2) is 11.5 Å². The number of nitrogens with one attached hydrogen (secondary N) is 2. The van der Waals surface area contributed by atoms with Crippen molar-refractivity contribution in [1.29, 1.82) is 0 Å². The van der Waals surface area contributed by atoms with Crippen molar-refractivity contribution in [3.8, 4) is 56.3 Å². The van der Waals surface area contributed by atoms with E-state index in [0.717, 1.165) is 84.4 Å². The molecule has 6 nitrogen and oxygen atoms in total. The van der Waals surface area contributed by atoms with Crippen molar-refractivity contribution in [2.24, 2.45) is 0 Å². The Morgan fingerprint density at radius 3 is 1.55 bits per heavy atom. The normalized spacial score (nSPS) is 16.4. The second-order valence-corrected chi connectivity index (χ2v) is 15.5. The molecule has 2 N–H and O–H groups in total. The molecule has 0 saturated carbocycles. The molecule has 0 fully saturated rings. The molecule has 55 heavy (non-hydrogen) atoms. The van der Waals surface area contributed by atoms with Crippen molar-refractivity contribution in [2.45, 2.75) is 38.5 Å². The zero-order valence-electron chi connectivity index (χ0n) is 31.5. The number of hydrogen-bond acceptors (Lipinski definition) is 5. The highest BCUT2D eigenvalue weighted by Gasteiger charge is 2.31. The van der Waals surface area contributed by atoms with E-state index in [-0.39, 0.29) is 11.3 Å². The van der Waals surface area contributed by atoms with E-state index in [9.17, 15) is 0 Å². The van der Waals surface area contributed by atoms with Gasteiger partial charge in [0.05, 0.1) is 37.0 Å². The van der Waals surface area contributed by atoms with E-state index in [4.69, 9.17) is 18.2 Å². The van der Waals surface area contributed by atoms with E-state index in [0.29, 0.717) is 0 Å². The summed E-state index contributed by atoms with van der Waals surface area (Å²) in [4.78, 5) is 7.34. The highest BCUT2D eigenvalue weighted by atomic mass is 32.1. The van der Waals surface area contributed by atoms with Gasteiger partial charge < -0.3 is 19.4 Å². The Morgan fingerprint density at radius 2 is 1.05 bits per heavy atom. The van der Waals surface area contributed by atoms with Gasteiger partial charge in [-0.1, -0.05) is 130 Å². The number of methoxy groups -OCH3 is 2. The predicted octanol–water partition coefficient (Wildman–Crippen LogP) is 12.5. The highest BCUT2D eigenvalue weighted by molar-refractivity contribution is 7.00. The van der Waals surface area contributed by atoms with Crippen LogP contribution in [0.5, 0.6) is 11.5 Å². The van der Waals surface area contributed by atoms with Gasteiger partial charge >= 0.3 is 0 Å². The molecule has 13 heterocycles. The van der Waals surface area contributed by atoms with Crippen LogP contribution in [0, 0.1) is 0 Å². The number of nitrogens with zero attached hydrogens (tertiary/aromatic N) is 2. The molecule has 2 atom stereocenters. The second-order valence-electron chi connectivity index (χ2n) is 14.9. The Bertz CT molecular complexity index is 2820. The minimum Gasteiger partial charge on any atom is -0.494 e. The smallest absolute Gasteiger partial charge is 0.152 e. The molecule has 6 aromatic carbocycles. The van der Waals surface area contributed by atoms with Crippen LogP contribution in [0.1, 0.15) is 55.4 Å². The van der Waals surface area contributed by atoms with Crippen LogP contribution in [0.2, 0.25) is 0 Å². The number of ether oxygens (including phenoxy) is 2. The third kappa shape index (κ3) is 5.14. The Morgan fingerprint density at radius 1 is 0.600 bits per heavy atom. The van der Waals surface area contributed by atoms with Crippen molar-refractivity contribution in [3.05, 3.63) is 144 Å². The van der Waals surface area contributed by atoms with Crippen molar-refractivity contribution in [1.82, 2.24) is 18.7 Å². The maximum atomic E-state index is 6.09. The molecule has 0 amide bonds. The molecule has 2 unspecified atom stereocenters. The molecule has 16 bridgehead atoms. The summed E-state index contributed by atoms with van der Waals surface area (Å²) in [5.74, 6) is 1.72. The molecule has 0 saturated heterocycles. The number of H-pyrrole nitrogens is 2. The molecular weight excluding hydrogens is 697 g/mol. The predicted molar refractivity (Wildman–Crippen MR) is 227 cm³/mol. The van der Waals surface area contributed by atoms with Gasteiger partial charge in [0, 0.05) is 33.5 Å². The Labute approximate surface area is 324 Å². The van der Waals surface area contributed by atoms with E-state index in [1.54, 1.807) is 14.2 Å². The maximum absolute atomic E-state index is 6.09. The lowest BCUT2D eigenvalue weighted by Gasteiger charge is -2.30. The minimum atomic E-state index is -0.235. The zero-order valence-corrected chi connectivity index (χ0v) is 32.3. The Kier molecular flexibility index (Phi) is 7.72. The van der Waals surface area contributed by atoms with Gasteiger partial charge in [-0.05, 0) is 74.2 Å². The van der Waals surface area contributed by atoms with Gasteiger partial charge in [-0.15, -0.1) is 0 Å². The SMILES string of the molecule is CCC1(C)c2ccc(cc2)-c2ccc(cc2)-c2cc3c(OC)c4[nH]c(cc4c(OC)c3[nH]2)-c2ccc(cc2)-c2ccc(cc2)C(C)c2ccc1c1nsnc21. The molecular formula is C48H40N4O2S. The average molecular weight is 737 g/mol. The molecule has 10 aliphatic rings. The molecule has 0 spiro atoms. The first-order valence-electron chi connectivity index (χ1n) is 18.9. The maximum Gasteiger partial charge on any atom is 0.152 e. The van der Waals surface area contributed by atoms with Crippen LogP contribution < -0.4 is 9.47 Å². The fourth-order valence-corrected chi connectivity index (χ4v) is 9.30. The molecule has 19 rings (SSSR count). The minimum absolute atomic E-state index is 0.154. The molecule has 0 aliphatic carbocycles. The number of aromatic nitrogens is 4. The summed E-state index contributed by atoms with van der Waals surface area (Å²) in [6.07, 6.45) is 0.932. The summed E-state index contributed by atoms with van der Waals surface area (Å²) < 4.78 is 22.0. The fraction of sp³-hybridized carbons (Fsp3) is 0.167. The van der Waals surface area contributed by atoms with Crippen LogP contribution in [0.3, 0.4) is 0 Å². The Balaban J connectivity index is 1.15. The van der Waals surface area contributed by atoms with Crippen LogP contribution in [0.15, 0.2) is 121 Å². The molecule has 3 aromatic heterocycles. The summed E-state index contributed by atoms with van der Waals surface area (Å²) in [5, 5.41) is 1.93. The van der Waals surface area contributed by atoms with Gasteiger partial charge in [-0.3, -0.25) is 0 Å². The number of benzene rings is 6. The van der Waals surface area contributed by atoms with Gasteiger partial charge in [0.25, 0.3) is 0 Å². The first kappa shape index (κ1) is 33.4. The summed E-state index contributed by atoms with van der Waals surface area (Å²) in [5.41, 5.74) is 17.4. The van der Waals surface area contributed by atoms with Crippen LogP contribution in [-0.4, -0.2) is 32.9 Å². The first-order valence-corrected chi connectivity index (χ1v) is 19.6. The lowest BCUT2D eigenvalue weighted by Crippen LogP contribution is -2.23. The molecule has 9 aromatic rings. The topological polar surface area (TPSA) is 75.8 Å². The standard InChI is InChI=1S/C48H40N4O2S/c1-6-48(3)35-21-19-32(20-22-35)31-13-17-34(18-14-31)41-26-38-44(50-41)46(53-4)37-25-40(49-43(37)47(38)54-5)33-15-11-30(12-16-33)29-9-7-28(8-10-29)27(2)36-23-24-39(48)45-42(36)51-55-52-45/h7-27,49-50H,6H2,1-5H3. The average Bonchev–Trinajstić information content (AvgIpc) is 4.02. The summed E-state index contributed by atoms with van der Waals surface area (Å²) in [7, 11) is 3.46. The lowest BCUT2D eigenvalue weighted by atomic mass is 9.73. The summed E-state index contributed by atoms with van der Waals surface area (Å²) >= 11 is 1.31. The lowest BCUT2D eigenvalue weighted by molar-refractivity contribution is 0.417. The quantitative estimate of drug-likeness (QED) is 0.189. The fourth-order valence-electron chi connectivity index (χ4n) is 8.72. The number of aromatic amines is 2. The van der Waals surface area contributed by atoms with Gasteiger partial charge in [-0.2, -0.15) is 8.75 Å². The van der Waals surface area contributed by atoms with Gasteiger partial charge in [0.2, 0.25) is 0 Å². The third-order valence-corrected chi connectivity index (χ3v) is 12.7. The van der Waals surface area contributed by atoms with Crippen molar-refractivity contribution >= 4 is 44.6 Å². The molecule has 0 radical (unpaired) electrons. The van der Waals surface area contributed by atoms with E-state index < -0.39 is 0 Å². The number of hydrogen-bond donors (Lipinski definition) is 2. The molecule has 7 heteroatoms. The van der Waals surface area contributed by atoms with Crippen LogP contribution in [0.4, 0.5) is 0 Å². The monoisotopic (exact) mass is 736 g/mol. The summed E-state index contributed by atoms with van der Waals surface area (Å²) in [6, 6.07) is 44.4. The van der Waals surface area contributed by atoms with Crippen molar-refractivity contribution in [2.75, 3.05) is 14.2 Å². The van der Waals surface area contributed by atoms with E-state index in [1.807, 2.05) is 0 Å². The summed E-state index contributed by atoms with van der Waals surface area (Å²) in [6.45, 7) is 6.87. The van der Waals surface area contributed by atoms with Crippen molar-refractivity contribution < 1.29 is 9.47 Å². The van der Waals surface area contributed by atoms with E-state index in [1.165, 1.54) is 45.1 Å². The highest BCUT2D eigenvalue weighted by Crippen LogP contribution is 2.46. The Hall–Kier alpha value is -6.18. The van der Waals surface area contributed by atoms with Gasteiger partial charge in [-0.25, -0.2) is 0 Å². The van der Waals surface area contributed by atoms with Crippen molar-refractivity contribution in [3.63, 3.8) is 0 Å². The molecule has 10 aliphatic heterocycles. The van der Waals surface area contributed by atoms with Gasteiger partial charge in [0.1, 0.15) is 11.0 Å². The first-order chi connectivity index (χ1) is 26.9. The van der Waals surface area contributed by atoms with E-state index in [2.05, 4.69) is 152 Å². The second kappa shape index (κ2) is 12.7. The van der Waals surface area contributed by atoms with Crippen LogP contribution >= 0.6 is 11.7 Å². The zero-order chi connectivity index (χ0) is 37.4. The van der Waals surface area contributed by atoms with E-state index >= 15 is 0 Å². The van der Waals surface area contributed by atoms with Crippen LogP contribution in [-0.2, 0) is 5.41 Å². The largest absolute Gasteiger partial charge is 0.494 e. The number of rotatable bonds is 3.